The SMILES string of the molecule is CCOc1ccc(S(=O)(=O)N(CC(=O)N(Cc2ccccc2Cl)[C@@H](CC)C(=O)NC2CCCCC2)c2ccc(C)cc2)cc1. The van der Waals surface area contributed by atoms with Gasteiger partial charge in [0.25, 0.3) is 10.0 Å². The lowest BCUT2D eigenvalue weighted by Gasteiger charge is -2.34. The van der Waals surface area contributed by atoms with Gasteiger partial charge in [-0.05, 0) is 81.1 Å². The van der Waals surface area contributed by atoms with Gasteiger partial charge in [-0.3, -0.25) is 13.9 Å². The number of sulfonamides is 1. The summed E-state index contributed by atoms with van der Waals surface area (Å²) in [6.45, 7) is 5.61. The number of hydrogen-bond acceptors (Lipinski definition) is 5. The lowest BCUT2D eigenvalue weighted by molar-refractivity contribution is -0.140. The van der Waals surface area contributed by atoms with Crippen LogP contribution < -0.4 is 14.4 Å². The maximum absolute atomic E-state index is 14.3. The third-order valence-corrected chi connectivity index (χ3v) is 10.1. The van der Waals surface area contributed by atoms with Crippen molar-refractivity contribution < 1.29 is 22.7 Å². The van der Waals surface area contributed by atoms with Gasteiger partial charge in [0, 0.05) is 17.6 Å². The molecule has 1 atom stereocenters. The molecular weight excluding hydrogens is 598 g/mol. The van der Waals surface area contributed by atoms with Crippen LogP contribution in [0.2, 0.25) is 5.02 Å². The van der Waals surface area contributed by atoms with Crippen LogP contribution in [0.4, 0.5) is 5.69 Å². The molecule has 0 spiro atoms. The van der Waals surface area contributed by atoms with Gasteiger partial charge in [-0.2, -0.15) is 0 Å². The van der Waals surface area contributed by atoms with Crippen molar-refractivity contribution in [1.29, 1.82) is 0 Å². The van der Waals surface area contributed by atoms with E-state index in [9.17, 15) is 18.0 Å². The van der Waals surface area contributed by atoms with Crippen molar-refractivity contribution in [2.45, 2.75) is 82.8 Å². The van der Waals surface area contributed by atoms with Crippen molar-refractivity contribution >= 4 is 39.1 Å². The molecule has 10 heteroatoms. The molecule has 1 saturated carbocycles. The summed E-state index contributed by atoms with van der Waals surface area (Å²) in [6, 6.07) is 19.5. The zero-order valence-electron chi connectivity index (χ0n) is 25.7. The van der Waals surface area contributed by atoms with Gasteiger partial charge >= 0.3 is 0 Å². The van der Waals surface area contributed by atoms with E-state index in [4.69, 9.17) is 16.3 Å². The first kappa shape index (κ1) is 33.3. The van der Waals surface area contributed by atoms with Gasteiger partial charge in [-0.25, -0.2) is 8.42 Å². The summed E-state index contributed by atoms with van der Waals surface area (Å²) in [6.07, 6.45) is 5.42. The maximum Gasteiger partial charge on any atom is 0.264 e. The van der Waals surface area contributed by atoms with Crippen LogP contribution in [0.1, 0.15) is 63.5 Å². The Labute approximate surface area is 266 Å². The molecule has 3 aromatic rings. The van der Waals surface area contributed by atoms with Crippen molar-refractivity contribution in [3.05, 3.63) is 88.9 Å². The molecule has 4 rings (SSSR count). The van der Waals surface area contributed by atoms with E-state index in [1.165, 1.54) is 17.0 Å². The molecular formula is C34H42ClN3O5S. The summed E-state index contributed by atoms with van der Waals surface area (Å²) < 4.78 is 34.8. The summed E-state index contributed by atoms with van der Waals surface area (Å²) in [5.41, 5.74) is 1.96. The minimum Gasteiger partial charge on any atom is -0.494 e. The average Bonchev–Trinajstić information content (AvgIpc) is 3.02. The summed E-state index contributed by atoms with van der Waals surface area (Å²) in [5.74, 6) is -0.202. The van der Waals surface area contributed by atoms with Crippen LogP contribution in [0, 0.1) is 6.92 Å². The van der Waals surface area contributed by atoms with Crippen molar-refractivity contribution in [3.8, 4) is 5.75 Å². The number of carbonyl (C=O) groups excluding carboxylic acids is 2. The molecule has 0 aliphatic heterocycles. The summed E-state index contributed by atoms with van der Waals surface area (Å²) in [5, 5.41) is 3.62. The fourth-order valence-electron chi connectivity index (χ4n) is 5.52. The minimum absolute atomic E-state index is 0.0223. The van der Waals surface area contributed by atoms with E-state index in [1.54, 1.807) is 48.5 Å². The predicted octanol–water partition coefficient (Wildman–Crippen LogP) is 6.50. The highest BCUT2D eigenvalue weighted by Crippen LogP contribution is 2.27. The number of carbonyl (C=O) groups is 2. The van der Waals surface area contributed by atoms with Crippen LogP contribution in [0.25, 0.3) is 0 Å². The van der Waals surface area contributed by atoms with E-state index in [0.29, 0.717) is 35.1 Å². The number of benzene rings is 3. The number of hydrogen-bond donors (Lipinski definition) is 1. The van der Waals surface area contributed by atoms with Crippen molar-refractivity contribution in [1.82, 2.24) is 10.2 Å². The van der Waals surface area contributed by atoms with Crippen LogP contribution in [-0.4, -0.2) is 50.4 Å². The number of ether oxygens (including phenoxy) is 1. The Hall–Kier alpha value is -3.56. The summed E-state index contributed by atoms with van der Waals surface area (Å²) >= 11 is 6.51. The number of amides is 2. The fourth-order valence-corrected chi connectivity index (χ4v) is 7.13. The highest BCUT2D eigenvalue weighted by atomic mass is 35.5. The van der Waals surface area contributed by atoms with Crippen LogP contribution in [0.5, 0.6) is 5.75 Å². The predicted molar refractivity (Wildman–Crippen MR) is 174 cm³/mol. The number of nitrogens with one attached hydrogen (secondary N) is 1. The van der Waals surface area contributed by atoms with Gasteiger partial charge in [0.2, 0.25) is 11.8 Å². The number of rotatable bonds is 13. The monoisotopic (exact) mass is 639 g/mol. The van der Waals surface area contributed by atoms with Gasteiger partial charge < -0.3 is 15.0 Å². The Bertz CT molecular complexity index is 1510. The second-order valence-electron chi connectivity index (χ2n) is 11.1. The molecule has 0 radical (unpaired) electrons. The van der Waals surface area contributed by atoms with E-state index in [1.807, 2.05) is 32.9 Å². The standard InChI is InChI=1S/C34H42ClN3O5S/c1-4-32(34(40)36-27-12-7-6-8-13-27)37(23-26-11-9-10-14-31(26)35)33(39)24-38(28-17-15-25(3)16-18-28)44(41,42)30-21-19-29(20-22-30)43-5-2/h9-11,14-22,27,32H,4-8,12-13,23-24H2,1-3H3,(H,36,40)/t32-/m0/s1. The molecule has 236 valence electrons. The molecule has 2 amide bonds. The third kappa shape index (κ3) is 8.33. The maximum atomic E-state index is 14.3. The first-order valence-corrected chi connectivity index (χ1v) is 17.1. The van der Waals surface area contributed by atoms with Crippen LogP contribution >= 0.6 is 11.6 Å². The number of anilines is 1. The third-order valence-electron chi connectivity index (χ3n) is 7.96. The highest BCUT2D eigenvalue weighted by molar-refractivity contribution is 7.92. The number of nitrogens with zero attached hydrogens (tertiary/aromatic N) is 2. The van der Waals surface area contributed by atoms with Gasteiger partial charge in [-0.1, -0.05) is 73.7 Å². The molecule has 3 aromatic carbocycles. The van der Waals surface area contributed by atoms with E-state index >= 15 is 0 Å². The molecule has 0 unspecified atom stereocenters. The molecule has 8 nitrogen and oxygen atoms in total. The molecule has 1 fully saturated rings. The van der Waals surface area contributed by atoms with Crippen molar-refractivity contribution in [2.24, 2.45) is 0 Å². The Kier molecular flexibility index (Phi) is 11.7. The largest absolute Gasteiger partial charge is 0.494 e. The Morgan fingerprint density at radius 2 is 1.61 bits per heavy atom. The smallest absolute Gasteiger partial charge is 0.264 e. The lowest BCUT2D eigenvalue weighted by atomic mass is 9.95. The molecule has 0 saturated heterocycles. The van der Waals surface area contributed by atoms with Gasteiger partial charge in [-0.15, -0.1) is 0 Å². The number of aryl methyl sites for hydroxylation is 1. The fraction of sp³-hybridized carbons (Fsp3) is 0.412. The van der Waals surface area contributed by atoms with Crippen LogP contribution in [-0.2, 0) is 26.2 Å². The first-order chi connectivity index (χ1) is 21.1. The molecule has 0 heterocycles. The Balaban J connectivity index is 1.70. The van der Waals surface area contributed by atoms with Gasteiger partial charge in [0.15, 0.2) is 0 Å². The van der Waals surface area contributed by atoms with E-state index in [-0.39, 0.29) is 23.4 Å². The van der Waals surface area contributed by atoms with Crippen LogP contribution in [0.3, 0.4) is 0 Å². The average molecular weight is 640 g/mol. The molecule has 0 aromatic heterocycles. The zero-order valence-corrected chi connectivity index (χ0v) is 27.2. The highest BCUT2D eigenvalue weighted by Gasteiger charge is 2.34. The minimum atomic E-state index is -4.18. The van der Waals surface area contributed by atoms with Crippen molar-refractivity contribution in [3.63, 3.8) is 0 Å². The van der Waals surface area contributed by atoms with Gasteiger partial charge in [0.05, 0.1) is 17.2 Å². The molecule has 1 aliphatic rings. The normalized spacial score (nSPS) is 14.5. The zero-order chi connectivity index (χ0) is 31.7. The number of halogens is 1. The van der Waals surface area contributed by atoms with Gasteiger partial charge in [0.1, 0.15) is 18.3 Å². The first-order valence-electron chi connectivity index (χ1n) is 15.3. The quantitative estimate of drug-likeness (QED) is 0.230. The van der Waals surface area contributed by atoms with E-state index < -0.39 is 28.5 Å². The summed E-state index contributed by atoms with van der Waals surface area (Å²) in [4.78, 5) is 29.5. The Morgan fingerprint density at radius 1 is 0.955 bits per heavy atom. The second kappa shape index (κ2) is 15.4. The topological polar surface area (TPSA) is 96.0 Å². The Morgan fingerprint density at radius 3 is 2.23 bits per heavy atom. The molecule has 1 N–H and O–H groups in total. The van der Waals surface area contributed by atoms with E-state index in [2.05, 4.69) is 5.32 Å². The second-order valence-corrected chi connectivity index (χ2v) is 13.4. The van der Waals surface area contributed by atoms with E-state index in [0.717, 1.165) is 42.0 Å². The lowest BCUT2D eigenvalue weighted by Crippen LogP contribution is -2.54. The molecule has 44 heavy (non-hydrogen) atoms. The molecule has 0 bridgehead atoms. The summed E-state index contributed by atoms with van der Waals surface area (Å²) in [7, 11) is -4.18. The van der Waals surface area contributed by atoms with Crippen LogP contribution in [0.15, 0.2) is 77.7 Å². The molecule has 1 aliphatic carbocycles. The van der Waals surface area contributed by atoms with Crippen molar-refractivity contribution in [2.75, 3.05) is 17.5 Å².